The summed E-state index contributed by atoms with van der Waals surface area (Å²) in [6.07, 6.45) is 4.02. The first-order valence-electron chi connectivity index (χ1n) is 6.98. The fraction of sp³-hybridized carbons (Fsp3) is 0.375. The SMILES string of the molecule is C/C=C/c1sc(-c2sc(C)c3c2OCCO3)c(OC)c1OC. The quantitative estimate of drug-likeness (QED) is 0.816. The lowest BCUT2D eigenvalue weighted by Gasteiger charge is -2.16. The van der Waals surface area contributed by atoms with Crippen molar-refractivity contribution >= 4 is 28.7 Å². The van der Waals surface area contributed by atoms with Gasteiger partial charge >= 0.3 is 0 Å². The predicted molar refractivity (Wildman–Crippen MR) is 91.2 cm³/mol. The summed E-state index contributed by atoms with van der Waals surface area (Å²) in [5, 5.41) is 0. The third-order valence-electron chi connectivity index (χ3n) is 3.34. The molecule has 0 spiro atoms. The molecule has 3 rings (SSSR count). The standard InChI is InChI=1S/C16H18O4S2/c1-5-6-10-12(17-3)13(18-4)15(22-10)16-14-11(9(2)21-16)19-7-8-20-14/h5-6H,7-8H2,1-4H3/b6-5+. The maximum Gasteiger partial charge on any atom is 0.181 e. The largest absolute Gasteiger partial charge is 0.491 e. The van der Waals surface area contributed by atoms with E-state index in [1.807, 2.05) is 26.0 Å². The van der Waals surface area contributed by atoms with Crippen LogP contribution >= 0.6 is 22.7 Å². The number of aryl methyl sites for hydroxylation is 1. The zero-order valence-electron chi connectivity index (χ0n) is 13.0. The number of rotatable bonds is 4. The van der Waals surface area contributed by atoms with Crippen molar-refractivity contribution in [2.75, 3.05) is 27.4 Å². The summed E-state index contributed by atoms with van der Waals surface area (Å²) in [5.41, 5.74) is 0. The van der Waals surface area contributed by atoms with Gasteiger partial charge in [-0.05, 0) is 19.9 Å². The van der Waals surface area contributed by atoms with Gasteiger partial charge in [-0.3, -0.25) is 0 Å². The highest BCUT2D eigenvalue weighted by Crippen LogP contribution is 2.56. The van der Waals surface area contributed by atoms with Gasteiger partial charge in [0.1, 0.15) is 13.2 Å². The van der Waals surface area contributed by atoms with Crippen LogP contribution in [0.4, 0.5) is 0 Å². The van der Waals surface area contributed by atoms with Gasteiger partial charge in [0.25, 0.3) is 0 Å². The van der Waals surface area contributed by atoms with E-state index in [0.29, 0.717) is 13.2 Å². The molecule has 22 heavy (non-hydrogen) atoms. The number of hydrogen-bond donors (Lipinski definition) is 0. The summed E-state index contributed by atoms with van der Waals surface area (Å²) >= 11 is 3.30. The molecule has 0 atom stereocenters. The zero-order valence-corrected chi connectivity index (χ0v) is 14.7. The Morgan fingerprint density at radius 3 is 2.27 bits per heavy atom. The van der Waals surface area contributed by atoms with Crippen LogP contribution in [0.2, 0.25) is 0 Å². The maximum absolute atomic E-state index is 5.85. The lowest BCUT2D eigenvalue weighted by molar-refractivity contribution is 0.173. The van der Waals surface area contributed by atoms with Gasteiger partial charge in [-0.15, -0.1) is 22.7 Å². The Hall–Kier alpha value is -1.66. The molecule has 4 nitrogen and oxygen atoms in total. The highest BCUT2D eigenvalue weighted by Gasteiger charge is 2.29. The van der Waals surface area contributed by atoms with E-state index in [4.69, 9.17) is 18.9 Å². The van der Waals surface area contributed by atoms with Crippen LogP contribution in [-0.4, -0.2) is 27.4 Å². The Morgan fingerprint density at radius 1 is 0.955 bits per heavy atom. The molecule has 0 saturated heterocycles. The molecule has 6 heteroatoms. The molecular formula is C16H18O4S2. The smallest absolute Gasteiger partial charge is 0.181 e. The first-order valence-corrected chi connectivity index (χ1v) is 8.61. The first-order chi connectivity index (χ1) is 10.7. The molecule has 0 amide bonds. The van der Waals surface area contributed by atoms with Crippen molar-refractivity contribution < 1.29 is 18.9 Å². The van der Waals surface area contributed by atoms with Crippen molar-refractivity contribution in [1.82, 2.24) is 0 Å². The molecule has 2 aromatic heterocycles. The number of thiophene rings is 2. The molecule has 0 aliphatic carbocycles. The fourth-order valence-electron chi connectivity index (χ4n) is 2.45. The van der Waals surface area contributed by atoms with Gasteiger partial charge in [-0.1, -0.05) is 6.08 Å². The summed E-state index contributed by atoms with van der Waals surface area (Å²) < 4.78 is 22.7. The number of methoxy groups -OCH3 is 2. The minimum absolute atomic E-state index is 0.572. The summed E-state index contributed by atoms with van der Waals surface area (Å²) in [6, 6.07) is 0. The number of fused-ring (bicyclic) bond motifs is 1. The average molecular weight is 338 g/mol. The number of allylic oxidation sites excluding steroid dienone is 1. The monoisotopic (exact) mass is 338 g/mol. The number of hydrogen-bond acceptors (Lipinski definition) is 6. The minimum atomic E-state index is 0.572. The number of ether oxygens (including phenoxy) is 4. The maximum atomic E-state index is 5.85. The van der Waals surface area contributed by atoms with E-state index in [1.54, 1.807) is 36.9 Å². The van der Waals surface area contributed by atoms with Crippen molar-refractivity contribution in [2.45, 2.75) is 13.8 Å². The van der Waals surface area contributed by atoms with E-state index in [-0.39, 0.29) is 0 Å². The molecule has 0 bridgehead atoms. The molecule has 2 aromatic rings. The van der Waals surface area contributed by atoms with Crippen LogP contribution in [0.25, 0.3) is 15.8 Å². The topological polar surface area (TPSA) is 36.9 Å². The van der Waals surface area contributed by atoms with Crippen LogP contribution in [0, 0.1) is 6.92 Å². The van der Waals surface area contributed by atoms with E-state index in [1.165, 1.54) is 0 Å². The molecule has 1 aliphatic rings. The van der Waals surface area contributed by atoms with E-state index < -0.39 is 0 Å². The zero-order chi connectivity index (χ0) is 15.7. The Morgan fingerprint density at radius 2 is 1.64 bits per heavy atom. The van der Waals surface area contributed by atoms with Crippen molar-refractivity contribution in [3.63, 3.8) is 0 Å². The molecule has 1 aliphatic heterocycles. The first kappa shape index (κ1) is 15.2. The van der Waals surface area contributed by atoms with Crippen LogP contribution in [-0.2, 0) is 0 Å². The van der Waals surface area contributed by atoms with Crippen molar-refractivity contribution in [3.05, 3.63) is 15.8 Å². The fourth-order valence-corrected chi connectivity index (χ4v) is 4.83. The van der Waals surface area contributed by atoms with Crippen molar-refractivity contribution in [1.29, 1.82) is 0 Å². The van der Waals surface area contributed by atoms with Crippen LogP contribution in [0.3, 0.4) is 0 Å². The van der Waals surface area contributed by atoms with E-state index in [0.717, 1.165) is 42.5 Å². The average Bonchev–Trinajstić information content (AvgIpc) is 3.05. The lowest BCUT2D eigenvalue weighted by atomic mass is 10.2. The Balaban J connectivity index is 2.20. The van der Waals surface area contributed by atoms with Gasteiger partial charge < -0.3 is 18.9 Å². The summed E-state index contributed by atoms with van der Waals surface area (Å²) in [7, 11) is 3.33. The van der Waals surface area contributed by atoms with Gasteiger partial charge in [0.2, 0.25) is 0 Å². The minimum Gasteiger partial charge on any atom is -0.491 e. The lowest BCUT2D eigenvalue weighted by Crippen LogP contribution is -2.14. The summed E-state index contributed by atoms with van der Waals surface area (Å²) in [4.78, 5) is 4.22. The van der Waals surface area contributed by atoms with Crippen LogP contribution in [0.5, 0.6) is 23.0 Å². The Kier molecular flexibility index (Phi) is 4.31. The second-order valence-corrected chi connectivity index (χ2v) is 6.98. The predicted octanol–water partition coefficient (Wildman–Crippen LogP) is 4.61. The molecular weight excluding hydrogens is 320 g/mol. The third-order valence-corrected chi connectivity index (χ3v) is 5.69. The van der Waals surface area contributed by atoms with Crippen LogP contribution in [0.1, 0.15) is 16.7 Å². The van der Waals surface area contributed by atoms with E-state index in [2.05, 4.69) is 0 Å². The molecule has 118 valence electrons. The molecule has 0 saturated carbocycles. The van der Waals surface area contributed by atoms with Crippen LogP contribution < -0.4 is 18.9 Å². The van der Waals surface area contributed by atoms with E-state index in [9.17, 15) is 0 Å². The van der Waals surface area contributed by atoms with Crippen molar-refractivity contribution in [2.24, 2.45) is 0 Å². The highest BCUT2D eigenvalue weighted by molar-refractivity contribution is 7.23. The van der Waals surface area contributed by atoms with Gasteiger partial charge in [-0.25, -0.2) is 0 Å². The van der Waals surface area contributed by atoms with Gasteiger partial charge in [-0.2, -0.15) is 0 Å². The second kappa shape index (κ2) is 6.22. The van der Waals surface area contributed by atoms with Gasteiger partial charge in [0.15, 0.2) is 23.0 Å². The molecule has 0 radical (unpaired) electrons. The Bertz CT molecular complexity index is 712. The highest BCUT2D eigenvalue weighted by atomic mass is 32.1. The van der Waals surface area contributed by atoms with Gasteiger partial charge in [0.05, 0.1) is 28.9 Å². The normalized spacial score (nSPS) is 13.6. The summed E-state index contributed by atoms with van der Waals surface area (Å²) in [6.45, 7) is 5.20. The molecule has 0 N–H and O–H groups in total. The molecule has 0 aromatic carbocycles. The Labute approximate surface area is 137 Å². The third kappa shape index (κ3) is 2.36. The van der Waals surface area contributed by atoms with E-state index >= 15 is 0 Å². The van der Waals surface area contributed by atoms with Gasteiger partial charge in [0, 0.05) is 4.88 Å². The van der Waals surface area contributed by atoms with Crippen molar-refractivity contribution in [3.8, 4) is 32.8 Å². The molecule has 0 unspecified atom stereocenters. The van der Waals surface area contributed by atoms with Crippen LogP contribution in [0.15, 0.2) is 6.08 Å². The summed E-state index contributed by atoms with van der Waals surface area (Å²) in [5.74, 6) is 3.19. The molecule has 0 fully saturated rings. The second-order valence-electron chi connectivity index (χ2n) is 4.70. The molecule has 3 heterocycles.